The minimum atomic E-state index is -0.297. The molecule has 0 unspecified atom stereocenters. The Labute approximate surface area is 138 Å². The van der Waals surface area contributed by atoms with Gasteiger partial charge >= 0.3 is 6.03 Å². The van der Waals surface area contributed by atoms with E-state index < -0.39 is 0 Å². The first-order chi connectivity index (χ1) is 10.6. The Hall–Kier alpha value is -2.27. The maximum absolute atomic E-state index is 11.8. The van der Waals surface area contributed by atoms with Crippen molar-refractivity contribution in [2.75, 3.05) is 12.4 Å². The number of hydrogen-bond donors (Lipinski definition) is 2. The zero-order chi connectivity index (χ0) is 15.9. The fraction of sp³-hybridized carbons (Fsp3) is 0.118. The van der Waals surface area contributed by atoms with Crippen LogP contribution in [0.2, 0.25) is 0 Å². The Morgan fingerprint density at radius 3 is 2.55 bits per heavy atom. The molecule has 2 aromatic rings. The number of carbonyl (C=O) groups is 1. The molecule has 2 amide bonds. The smallest absolute Gasteiger partial charge is 0.323 e. The largest absolute Gasteiger partial charge is 0.497 e. The van der Waals surface area contributed by atoms with Crippen LogP contribution in [0.5, 0.6) is 5.75 Å². The van der Waals surface area contributed by atoms with Crippen LogP contribution in [0.4, 0.5) is 10.5 Å². The second-order valence-electron chi connectivity index (χ2n) is 4.69. The van der Waals surface area contributed by atoms with Crippen molar-refractivity contribution in [1.29, 1.82) is 0 Å². The van der Waals surface area contributed by atoms with E-state index in [1.807, 2.05) is 55.5 Å². The van der Waals surface area contributed by atoms with Gasteiger partial charge in [0, 0.05) is 10.7 Å². The average molecular weight is 361 g/mol. The molecule has 0 atom stereocenters. The number of amides is 2. The molecule has 114 valence electrons. The highest BCUT2D eigenvalue weighted by Crippen LogP contribution is 2.23. The first-order valence-corrected chi connectivity index (χ1v) is 7.52. The number of nitrogens with one attached hydrogen (secondary N) is 2. The topological polar surface area (TPSA) is 50.4 Å². The van der Waals surface area contributed by atoms with E-state index in [-0.39, 0.29) is 6.03 Å². The standard InChI is InChI=1S/C17H17BrN2O2/c1-12-3-8-16(15(18)11-12)20-17(21)19-10-9-13-4-6-14(22-2)7-5-13/h3-11H,1-2H3,(H2,19,20,21)/b10-9+. The maximum atomic E-state index is 11.8. The quantitative estimate of drug-likeness (QED) is 0.839. The van der Waals surface area contributed by atoms with Crippen LogP contribution in [0.3, 0.4) is 0 Å². The van der Waals surface area contributed by atoms with E-state index in [2.05, 4.69) is 26.6 Å². The van der Waals surface area contributed by atoms with E-state index in [0.29, 0.717) is 0 Å². The fourth-order valence-electron chi connectivity index (χ4n) is 1.81. The maximum Gasteiger partial charge on any atom is 0.323 e. The van der Waals surface area contributed by atoms with Crippen molar-refractivity contribution in [3.8, 4) is 5.75 Å². The van der Waals surface area contributed by atoms with E-state index in [9.17, 15) is 4.79 Å². The van der Waals surface area contributed by atoms with Crippen molar-refractivity contribution in [1.82, 2.24) is 5.32 Å². The Morgan fingerprint density at radius 1 is 1.18 bits per heavy atom. The van der Waals surface area contributed by atoms with Crippen molar-refractivity contribution in [3.63, 3.8) is 0 Å². The predicted molar refractivity (Wildman–Crippen MR) is 93.1 cm³/mol. The first kappa shape index (κ1) is 16.1. The highest BCUT2D eigenvalue weighted by molar-refractivity contribution is 9.10. The summed E-state index contributed by atoms with van der Waals surface area (Å²) in [6.45, 7) is 1.99. The van der Waals surface area contributed by atoms with Gasteiger partial charge in [0.1, 0.15) is 5.75 Å². The second kappa shape index (κ2) is 7.66. The van der Waals surface area contributed by atoms with E-state index in [1.54, 1.807) is 13.3 Å². The highest BCUT2D eigenvalue weighted by Gasteiger charge is 2.03. The summed E-state index contributed by atoms with van der Waals surface area (Å²) in [5.41, 5.74) is 2.82. The van der Waals surface area contributed by atoms with Gasteiger partial charge in [-0.25, -0.2) is 4.79 Å². The number of aryl methyl sites for hydroxylation is 1. The van der Waals surface area contributed by atoms with Crippen LogP contribution in [0.1, 0.15) is 11.1 Å². The molecular formula is C17H17BrN2O2. The normalized spacial score (nSPS) is 10.5. The molecule has 0 radical (unpaired) electrons. The second-order valence-corrected chi connectivity index (χ2v) is 5.54. The number of urea groups is 1. The highest BCUT2D eigenvalue weighted by atomic mass is 79.9. The Bertz CT molecular complexity index is 682. The van der Waals surface area contributed by atoms with Crippen molar-refractivity contribution in [2.45, 2.75) is 6.92 Å². The summed E-state index contributed by atoms with van der Waals surface area (Å²) in [5.74, 6) is 0.798. The summed E-state index contributed by atoms with van der Waals surface area (Å²) >= 11 is 3.42. The monoisotopic (exact) mass is 360 g/mol. The Balaban J connectivity index is 1.90. The van der Waals surface area contributed by atoms with Gasteiger partial charge in [-0.05, 0) is 64.3 Å². The molecule has 0 heterocycles. The Morgan fingerprint density at radius 2 is 1.91 bits per heavy atom. The molecule has 0 aliphatic carbocycles. The van der Waals surface area contributed by atoms with E-state index in [0.717, 1.165) is 27.0 Å². The van der Waals surface area contributed by atoms with Gasteiger partial charge < -0.3 is 15.4 Å². The first-order valence-electron chi connectivity index (χ1n) is 6.73. The summed E-state index contributed by atoms with van der Waals surface area (Å²) in [5, 5.41) is 5.44. The number of methoxy groups -OCH3 is 1. The minimum absolute atomic E-state index is 0.297. The zero-order valence-electron chi connectivity index (χ0n) is 12.4. The molecule has 2 N–H and O–H groups in total. The van der Waals surface area contributed by atoms with Gasteiger partial charge in [0.05, 0.1) is 12.8 Å². The minimum Gasteiger partial charge on any atom is -0.497 e. The molecule has 0 bridgehead atoms. The molecule has 5 heteroatoms. The van der Waals surface area contributed by atoms with E-state index >= 15 is 0 Å². The number of halogens is 1. The molecule has 0 saturated heterocycles. The van der Waals surface area contributed by atoms with Crippen molar-refractivity contribution >= 4 is 33.7 Å². The van der Waals surface area contributed by atoms with Crippen molar-refractivity contribution < 1.29 is 9.53 Å². The van der Waals surface area contributed by atoms with Crippen molar-refractivity contribution in [3.05, 3.63) is 64.3 Å². The molecule has 4 nitrogen and oxygen atoms in total. The average Bonchev–Trinajstić information content (AvgIpc) is 2.51. The molecule has 0 aliphatic rings. The SMILES string of the molecule is COc1ccc(/C=C/NC(=O)Nc2ccc(C)cc2Br)cc1. The molecule has 2 rings (SSSR count). The van der Waals surface area contributed by atoms with Crippen LogP contribution in [-0.4, -0.2) is 13.1 Å². The number of benzene rings is 2. The molecular weight excluding hydrogens is 344 g/mol. The molecule has 0 aromatic heterocycles. The molecule has 2 aromatic carbocycles. The molecule has 22 heavy (non-hydrogen) atoms. The number of anilines is 1. The van der Waals surface area contributed by atoms with Gasteiger partial charge in [-0.15, -0.1) is 0 Å². The van der Waals surface area contributed by atoms with Crippen LogP contribution in [0.25, 0.3) is 6.08 Å². The molecule has 0 saturated carbocycles. The molecule has 0 aliphatic heterocycles. The third-order valence-corrected chi connectivity index (χ3v) is 3.63. The van der Waals surface area contributed by atoms with Crippen molar-refractivity contribution in [2.24, 2.45) is 0 Å². The number of hydrogen-bond acceptors (Lipinski definition) is 2. The zero-order valence-corrected chi connectivity index (χ0v) is 14.0. The number of carbonyl (C=O) groups excluding carboxylic acids is 1. The van der Waals surface area contributed by atoms with E-state index in [1.165, 1.54) is 0 Å². The van der Waals surface area contributed by atoms with Gasteiger partial charge in [0.25, 0.3) is 0 Å². The van der Waals surface area contributed by atoms with Crippen LogP contribution < -0.4 is 15.4 Å². The van der Waals surface area contributed by atoms with Gasteiger partial charge in [0.15, 0.2) is 0 Å². The van der Waals surface area contributed by atoms with E-state index in [4.69, 9.17) is 4.74 Å². The number of rotatable bonds is 4. The third kappa shape index (κ3) is 4.63. The predicted octanol–water partition coefficient (Wildman–Crippen LogP) is 4.56. The lowest BCUT2D eigenvalue weighted by Gasteiger charge is -2.07. The summed E-state index contributed by atoms with van der Waals surface area (Å²) in [6.07, 6.45) is 3.41. The summed E-state index contributed by atoms with van der Waals surface area (Å²) < 4.78 is 5.94. The van der Waals surface area contributed by atoms with Crippen LogP contribution in [0, 0.1) is 6.92 Å². The van der Waals surface area contributed by atoms with Crippen LogP contribution >= 0.6 is 15.9 Å². The molecule has 0 fully saturated rings. The lowest BCUT2D eigenvalue weighted by Crippen LogP contribution is -2.23. The number of ether oxygens (including phenoxy) is 1. The fourth-order valence-corrected chi connectivity index (χ4v) is 2.40. The summed E-state index contributed by atoms with van der Waals surface area (Å²) in [6, 6.07) is 13.0. The van der Waals surface area contributed by atoms with Gasteiger partial charge in [-0.3, -0.25) is 0 Å². The lowest BCUT2D eigenvalue weighted by molar-refractivity contribution is 0.255. The van der Waals surface area contributed by atoms with Gasteiger partial charge in [0.2, 0.25) is 0 Å². The van der Waals surface area contributed by atoms with Gasteiger partial charge in [-0.2, -0.15) is 0 Å². The summed E-state index contributed by atoms with van der Waals surface area (Å²) in [4.78, 5) is 11.8. The Kier molecular flexibility index (Phi) is 5.61. The van der Waals surface area contributed by atoms with Gasteiger partial charge in [-0.1, -0.05) is 18.2 Å². The van der Waals surface area contributed by atoms with Crippen LogP contribution in [0.15, 0.2) is 53.1 Å². The van der Waals surface area contributed by atoms with Crippen LogP contribution in [-0.2, 0) is 0 Å². The lowest BCUT2D eigenvalue weighted by atomic mass is 10.2. The molecule has 0 spiro atoms. The third-order valence-electron chi connectivity index (χ3n) is 2.98. The summed E-state index contributed by atoms with van der Waals surface area (Å²) in [7, 11) is 1.62.